The van der Waals surface area contributed by atoms with Gasteiger partial charge in [-0.05, 0) is 29.6 Å². The first-order valence-corrected chi connectivity index (χ1v) is 4.69. The van der Waals surface area contributed by atoms with E-state index >= 15 is 0 Å². The Hall–Kier alpha value is -0.0400. The van der Waals surface area contributed by atoms with Crippen molar-refractivity contribution in [1.29, 1.82) is 0 Å². The van der Waals surface area contributed by atoms with Crippen LogP contribution in [-0.2, 0) is 4.74 Å². The molecule has 1 nitrogen and oxygen atoms in total. The molecule has 1 heterocycles. The van der Waals surface area contributed by atoms with E-state index in [1.807, 2.05) is 0 Å². The van der Waals surface area contributed by atoms with Crippen molar-refractivity contribution in [3.05, 3.63) is 0 Å². The van der Waals surface area contributed by atoms with E-state index in [2.05, 4.69) is 20.8 Å². The average Bonchev–Trinajstić information content (AvgIpc) is 2.68. The highest BCUT2D eigenvalue weighted by Crippen LogP contribution is 2.70. The molecular weight excluding hydrogens is 136 g/mol. The lowest BCUT2D eigenvalue weighted by atomic mass is 9.96. The lowest BCUT2D eigenvalue weighted by Gasteiger charge is -2.15. The van der Waals surface area contributed by atoms with E-state index in [-0.39, 0.29) is 0 Å². The predicted octanol–water partition coefficient (Wildman–Crippen LogP) is 2.21. The van der Waals surface area contributed by atoms with Gasteiger partial charge in [-0.3, -0.25) is 0 Å². The highest BCUT2D eigenvalue weighted by atomic mass is 16.5. The van der Waals surface area contributed by atoms with Gasteiger partial charge in [-0.1, -0.05) is 20.8 Å². The first-order chi connectivity index (χ1) is 5.04. The molecule has 0 aromatic heterocycles. The minimum Gasteiger partial charge on any atom is -0.374 e. The number of fused-ring (bicyclic) bond motifs is 2. The van der Waals surface area contributed by atoms with E-state index in [1.165, 1.54) is 12.8 Å². The van der Waals surface area contributed by atoms with Crippen LogP contribution in [0.3, 0.4) is 0 Å². The summed E-state index contributed by atoms with van der Waals surface area (Å²) in [6.07, 6.45) is 4.00. The van der Waals surface area contributed by atoms with Crippen molar-refractivity contribution >= 4 is 0 Å². The van der Waals surface area contributed by atoms with Crippen molar-refractivity contribution in [3.8, 4) is 0 Å². The van der Waals surface area contributed by atoms with E-state index in [0.717, 1.165) is 5.92 Å². The van der Waals surface area contributed by atoms with Crippen LogP contribution in [-0.4, -0.2) is 12.2 Å². The van der Waals surface area contributed by atoms with Crippen LogP contribution in [0.1, 0.15) is 33.6 Å². The quantitative estimate of drug-likeness (QED) is 0.517. The van der Waals surface area contributed by atoms with Crippen LogP contribution in [0.4, 0.5) is 0 Å². The Kier molecular flexibility index (Phi) is 0.820. The first kappa shape index (κ1) is 6.47. The Morgan fingerprint density at radius 2 is 1.91 bits per heavy atom. The molecule has 11 heavy (non-hydrogen) atoms. The summed E-state index contributed by atoms with van der Waals surface area (Å²) >= 11 is 0. The zero-order valence-corrected chi connectivity index (χ0v) is 7.55. The maximum Gasteiger partial charge on any atom is 0.0668 e. The van der Waals surface area contributed by atoms with Gasteiger partial charge in [0.15, 0.2) is 0 Å². The molecule has 0 bridgehead atoms. The molecule has 3 fully saturated rings. The molecule has 0 radical (unpaired) electrons. The van der Waals surface area contributed by atoms with Gasteiger partial charge in [0, 0.05) is 0 Å². The molecule has 2 saturated carbocycles. The van der Waals surface area contributed by atoms with E-state index in [1.54, 1.807) is 0 Å². The lowest BCUT2D eigenvalue weighted by molar-refractivity contribution is 0.0327. The van der Waals surface area contributed by atoms with Gasteiger partial charge in [-0.2, -0.15) is 0 Å². The van der Waals surface area contributed by atoms with Gasteiger partial charge in [0.1, 0.15) is 0 Å². The topological polar surface area (TPSA) is 9.23 Å². The minimum atomic E-state index is 0.510. The number of rotatable bonds is 0. The fraction of sp³-hybridized carbons (Fsp3) is 1.00. The summed E-state index contributed by atoms with van der Waals surface area (Å²) in [5, 5.41) is 0. The monoisotopic (exact) mass is 152 g/mol. The summed E-state index contributed by atoms with van der Waals surface area (Å²) < 4.78 is 5.95. The number of hydrogen-bond acceptors (Lipinski definition) is 1. The zero-order chi connectivity index (χ0) is 7.85. The van der Waals surface area contributed by atoms with Crippen molar-refractivity contribution in [3.63, 3.8) is 0 Å². The maximum absolute atomic E-state index is 5.95. The van der Waals surface area contributed by atoms with Gasteiger partial charge in [0.05, 0.1) is 12.2 Å². The van der Waals surface area contributed by atoms with E-state index < -0.39 is 0 Å². The minimum absolute atomic E-state index is 0.510. The van der Waals surface area contributed by atoms with Crippen molar-refractivity contribution in [2.24, 2.45) is 16.7 Å². The summed E-state index contributed by atoms with van der Waals surface area (Å²) in [4.78, 5) is 0. The predicted molar refractivity (Wildman–Crippen MR) is 43.3 cm³/mol. The van der Waals surface area contributed by atoms with Gasteiger partial charge >= 0.3 is 0 Å². The summed E-state index contributed by atoms with van der Waals surface area (Å²) in [7, 11) is 0. The lowest BCUT2D eigenvalue weighted by Crippen LogP contribution is -2.15. The molecule has 0 aromatic rings. The molecule has 62 valence electrons. The van der Waals surface area contributed by atoms with Crippen LogP contribution >= 0.6 is 0 Å². The fourth-order valence-electron chi connectivity index (χ4n) is 2.81. The Morgan fingerprint density at radius 3 is 2.55 bits per heavy atom. The Balaban J connectivity index is 1.85. The molecule has 4 atom stereocenters. The van der Waals surface area contributed by atoms with Gasteiger partial charge in [0.25, 0.3) is 0 Å². The Morgan fingerprint density at radius 1 is 1.18 bits per heavy atom. The molecular formula is C10H16O. The molecule has 2 aliphatic carbocycles. The zero-order valence-electron chi connectivity index (χ0n) is 7.55. The molecule has 3 rings (SSSR count). The molecule has 1 heteroatoms. The van der Waals surface area contributed by atoms with Crippen molar-refractivity contribution in [1.82, 2.24) is 0 Å². The van der Waals surface area contributed by atoms with Crippen LogP contribution in [0.2, 0.25) is 0 Å². The summed E-state index contributed by atoms with van der Waals surface area (Å²) in [5.41, 5.74) is 1.10. The second kappa shape index (κ2) is 1.39. The van der Waals surface area contributed by atoms with Crippen LogP contribution in [0.15, 0.2) is 0 Å². The molecule has 0 N–H and O–H groups in total. The van der Waals surface area contributed by atoms with E-state index in [0.29, 0.717) is 23.0 Å². The second-order valence-corrected chi connectivity index (χ2v) is 5.54. The van der Waals surface area contributed by atoms with Gasteiger partial charge in [-0.15, -0.1) is 0 Å². The first-order valence-electron chi connectivity index (χ1n) is 4.69. The molecule has 1 aliphatic heterocycles. The smallest absolute Gasteiger partial charge is 0.0668 e. The van der Waals surface area contributed by atoms with Gasteiger partial charge in [0.2, 0.25) is 0 Å². The van der Waals surface area contributed by atoms with Gasteiger partial charge < -0.3 is 4.74 Å². The average molecular weight is 152 g/mol. The maximum atomic E-state index is 5.95. The third-order valence-corrected chi connectivity index (χ3v) is 4.21. The summed E-state index contributed by atoms with van der Waals surface area (Å²) in [5.74, 6) is 0.881. The van der Waals surface area contributed by atoms with Crippen LogP contribution in [0, 0.1) is 16.7 Å². The molecule has 0 unspecified atom stereocenters. The molecule has 1 saturated heterocycles. The Labute approximate surface area is 68.1 Å². The van der Waals surface area contributed by atoms with Gasteiger partial charge in [-0.25, -0.2) is 0 Å². The van der Waals surface area contributed by atoms with Crippen LogP contribution < -0.4 is 0 Å². The molecule has 0 spiro atoms. The molecule has 3 aliphatic rings. The standard InChI is InChI=1S/C10H16O/c1-9(2)6-4-10(3)5-7(10)11-8(6)9/h6-8H,4-5H2,1-3H3/t6-,7+,8+,10-/m1/s1. The highest BCUT2D eigenvalue weighted by molar-refractivity contribution is 5.18. The summed E-state index contributed by atoms with van der Waals surface area (Å²) in [6, 6.07) is 0. The third kappa shape index (κ3) is 0.618. The van der Waals surface area contributed by atoms with Crippen LogP contribution in [0.5, 0.6) is 0 Å². The fourth-order valence-corrected chi connectivity index (χ4v) is 2.81. The van der Waals surface area contributed by atoms with E-state index in [4.69, 9.17) is 4.74 Å². The number of hydrogen-bond donors (Lipinski definition) is 0. The largest absolute Gasteiger partial charge is 0.374 e. The SMILES string of the molecule is CC1(C)[C@@H]2C[C@]3(C)C[C@@H]3O[C@@H]21. The van der Waals surface area contributed by atoms with Crippen molar-refractivity contribution < 1.29 is 4.74 Å². The molecule has 0 aromatic carbocycles. The number of ether oxygens (including phenoxy) is 1. The van der Waals surface area contributed by atoms with Crippen molar-refractivity contribution in [2.75, 3.05) is 0 Å². The van der Waals surface area contributed by atoms with E-state index in [9.17, 15) is 0 Å². The third-order valence-electron chi connectivity index (χ3n) is 4.21. The van der Waals surface area contributed by atoms with Crippen LogP contribution in [0.25, 0.3) is 0 Å². The second-order valence-electron chi connectivity index (χ2n) is 5.54. The highest BCUT2D eigenvalue weighted by Gasteiger charge is 2.70. The van der Waals surface area contributed by atoms with Crippen molar-refractivity contribution in [2.45, 2.75) is 45.8 Å². The Bertz CT molecular complexity index is 221. The molecule has 0 amide bonds. The summed E-state index contributed by atoms with van der Waals surface area (Å²) in [6.45, 7) is 7.06. The normalized spacial score (nSPS) is 63.0.